The van der Waals surface area contributed by atoms with Gasteiger partial charge in [-0.15, -0.1) is 0 Å². The summed E-state index contributed by atoms with van der Waals surface area (Å²) in [5, 5.41) is 0. The summed E-state index contributed by atoms with van der Waals surface area (Å²) in [4.78, 5) is 11.0. The van der Waals surface area contributed by atoms with Crippen LogP contribution in [0.25, 0.3) is 0 Å². The zero-order valence-corrected chi connectivity index (χ0v) is 8.88. The van der Waals surface area contributed by atoms with E-state index in [-0.39, 0.29) is 12.1 Å². The Morgan fingerprint density at radius 2 is 2.08 bits per heavy atom. The van der Waals surface area contributed by atoms with Crippen LogP contribution >= 0.6 is 0 Å². The third-order valence-corrected chi connectivity index (χ3v) is 1.66. The van der Waals surface area contributed by atoms with E-state index in [0.29, 0.717) is 6.42 Å². The van der Waals surface area contributed by atoms with Crippen molar-refractivity contribution in [1.29, 1.82) is 0 Å². The van der Waals surface area contributed by atoms with E-state index < -0.39 is 0 Å². The molecule has 2 nitrogen and oxygen atoms in total. The number of allylic oxidation sites excluding steroid dienone is 1. The molecule has 0 heterocycles. The minimum Gasteiger partial charge on any atom is -0.462 e. The summed E-state index contributed by atoms with van der Waals surface area (Å²) in [5.74, 6) is -0.0834. The first kappa shape index (κ1) is 12.2. The monoisotopic (exact) mass is 184 g/mol. The Balaban J connectivity index is 3.55. The minimum atomic E-state index is -0.0834. The lowest BCUT2D eigenvalue weighted by Gasteiger charge is -2.10. The maximum absolute atomic E-state index is 11.0. The van der Waals surface area contributed by atoms with Gasteiger partial charge in [-0.1, -0.05) is 26.0 Å². The quantitative estimate of drug-likeness (QED) is 0.468. The number of carbonyl (C=O) groups excluding carboxylic acids is 1. The SMILES string of the molecule is CC/C=C\CC(C)OC(=O)CCC. The number of ether oxygens (including phenoxy) is 1. The van der Waals surface area contributed by atoms with E-state index in [2.05, 4.69) is 19.1 Å². The molecule has 0 aromatic heterocycles. The summed E-state index contributed by atoms with van der Waals surface area (Å²) in [6.07, 6.45) is 7.41. The second-order valence-corrected chi connectivity index (χ2v) is 3.17. The van der Waals surface area contributed by atoms with Crippen molar-refractivity contribution in [3.63, 3.8) is 0 Å². The van der Waals surface area contributed by atoms with Crippen LogP contribution in [-0.4, -0.2) is 12.1 Å². The van der Waals surface area contributed by atoms with Crippen molar-refractivity contribution in [2.75, 3.05) is 0 Å². The highest BCUT2D eigenvalue weighted by molar-refractivity contribution is 5.69. The van der Waals surface area contributed by atoms with Crippen molar-refractivity contribution in [3.8, 4) is 0 Å². The zero-order valence-electron chi connectivity index (χ0n) is 8.88. The number of rotatable bonds is 6. The number of hydrogen-bond acceptors (Lipinski definition) is 2. The van der Waals surface area contributed by atoms with Gasteiger partial charge in [0.1, 0.15) is 6.10 Å². The average molecular weight is 184 g/mol. The molecule has 13 heavy (non-hydrogen) atoms. The maximum Gasteiger partial charge on any atom is 0.306 e. The second kappa shape index (κ2) is 7.84. The Morgan fingerprint density at radius 3 is 2.62 bits per heavy atom. The highest BCUT2D eigenvalue weighted by Crippen LogP contribution is 2.02. The van der Waals surface area contributed by atoms with Crippen LogP contribution in [0, 0.1) is 0 Å². The normalized spacial score (nSPS) is 13.2. The minimum absolute atomic E-state index is 0.0156. The predicted octanol–water partition coefficient (Wildman–Crippen LogP) is 3.07. The molecule has 0 aliphatic rings. The van der Waals surface area contributed by atoms with E-state index in [4.69, 9.17) is 4.74 Å². The Bertz CT molecular complexity index is 161. The summed E-state index contributed by atoms with van der Waals surface area (Å²) in [6.45, 7) is 5.99. The lowest BCUT2D eigenvalue weighted by molar-refractivity contribution is -0.148. The van der Waals surface area contributed by atoms with E-state index in [1.165, 1.54) is 0 Å². The van der Waals surface area contributed by atoms with Crippen molar-refractivity contribution >= 4 is 5.97 Å². The summed E-state index contributed by atoms with van der Waals surface area (Å²) in [6, 6.07) is 0. The van der Waals surface area contributed by atoms with E-state index in [0.717, 1.165) is 19.3 Å². The van der Waals surface area contributed by atoms with Crippen LogP contribution in [0.3, 0.4) is 0 Å². The zero-order chi connectivity index (χ0) is 10.1. The lowest BCUT2D eigenvalue weighted by atomic mass is 10.2. The Labute approximate surface area is 81.0 Å². The Hall–Kier alpha value is -0.790. The van der Waals surface area contributed by atoms with E-state index in [1.807, 2.05) is 13.8 Å². The molecular weight excluding hydrogens is 164 g/mol. The fourth-order valence-electron chi connectivity index (χ4n) is 0.990. The Morgan fingerprint density at radius 1 is 1.38 bits per heavy atom. The lowest BCUT2D eigenvalue weighted by Crippen LogP contribution is -2.13. The van der Waals surface area contributed by atoms with Gasteiger partial charge in [0.05, 0.1) is 0 Å². The van der Waals surface area contributed by atoms with Crippen LogP contribution in [0.4, 0.5) is 0 Å². The largest absolute Gasteiger partial charge is 0.462 e. The molecule has 0 N–H and O–H groups in total. The molecule has 0 aliphatic heterocycles. The summed E-state index contributed by atoms with van der Waals surface area (Å²) in [7, 11) is 0. The van der Waals surface area contributed by atoms with Gasteiger partial charge >= 0.3 is 5.97 Å². The topological polar surface area (TPSA) is 26.3 Å². The molecule has 0 spiro atoms. The average Bonchev–Trinajstić information content (AvgIpc) is 2.05. The molecular formula is C11H20O2. The van der Waals surface area contributed by atoms with E-state index in [9.17, 15) is 4.79 Å². The molecule has 0 amide bonds. The van der Waals surface area contributed by atoms with Gasteiger partial charge < -0.3 is 4.74 Å². The summed E-state index contributed by atoms with van der Waals surface area (Å²) < 4.78 is 5.15. The van der Waals surface area contributed by atoms with Crippen LogP contribution in [0.2, 0.25) is 0 Å². The molecule has 0 saturated carbocycles. The predicted molar refractivity (Wildman–Crippen MR) is 54.5 cm³/mol. The molecule has 76 valence electrons. The fourth-order valence-corrected chi connectivity index (χ4v) is 0.990. The molecule has 0 rings (SSSR count). The van der Waals surface area contributed by atoms with Gasteiger partial charge in [-0.3, -0.25) is 4.79 Å². The standard InChI is InChI=1S/C11H20O2/c1-4-6-7-9-10(3)13-11(12)8-5-2/h6-7,10H,4-5,8-9H2,1-3H3/b7-6-. The number of carbonyl (C=O) groups is 1. The molecule has 0 fully saturated rings. The maximum atomic E-state index is 11.0. The fraction of sp³-hybridized carbons (Fsp3) is 0.727. The molecule has 0 bridgehead atoms. The van der Waals surface area contributed by atoms with Crippen molar-refractivity contribution < 1.29 is 9.53 Å². The van der Waals surface area contributed by atoms with Crippen LogP contribution in [0.1, 0.15) is 46.5 Å². The van der Waals surface area contributed by atoms with Crippen LogP contribution < -0.4 is 0 Å². The van der Waals surface area contributed by atoms with E-state index in [1.54, 1.807) is 0 Å². The van der Waals surface area contributed by atoms with Gasteiger partial charge in [0.2, 0.25) is 0 Å². The molecule has 0 aromatic rings. The van der Waals surface area contributed by atoms with Crippen molar-refractivity contribution in [3.05, 3.63) is 12.2 Å². The van der Waals surface area contributed by atoms with Crippen LogP contribution in [0.15, 0.2) is 12.2 Å². The van der Waals surface area contributed by atoms with Gasteiger partial charge in [-0.25, -0.2) is 0 Å². The van der Waals surface area contributed by atoms with Gasteiger partial charge in [0, 0.05) is 12.8 Å². The first-order valence-corrected chi connectivity index (χ1v) is 5.05. The summed E-state index contributed by atoms with van der Waals surface area (Å²) in [5.41, 5.74) is 0. The van der Waals surface area contributed by atoms with Crippen molar-refractivity contribution in [2.24, 2.45) is 0 Å². The molecule has 1 atom stereocenters. The molecule has 0 radical (unpaired) electrons. The van der Waals surface area contributed by atoms with Crippen molar-refractivity contribution in [2.45, 2.75) is 52.6 Å². The Kier molecular flexibility index (Phi) is 7.36. The van der Waals surface area contributed by atoms with Crippen LogP contribution in [0.5, 0.6) is 0 Å². The van der Waals surface area contributed by atoms with Crippen LogP contribution in [-0.2, 0) is 9.53 Å². The molecule has 0 saturated heterocycles. The van der Waals surface area contributed by atoms with Gasteiger partial charge in [-0.05, 0) is 19.8 Å². The number of esters is 1. The first-order valence-electron chi connectivity index (χ1n) is 5.05. The van der Waals surface area contributed by atoms with Gasteiger partial charge in [0.25, 0.3) is 0 Å². The first-order chi connectivity index (χ1) is 6.20. The van der Waals surface area contributed by atoms with Crippen molar-refractivity contribution in [1.82, 2.24) is 0 Å². The third-order valence-electron chi connectivity index (χ3n) is 1.66. The number of hydrogen-bond donors (Lipinski definition) is 0. The highest BCUT2D eigenvalue weighted by Gasteiger charge is 2.05. The van der Waals surface area contributed by atoms with E-state index >= 15 is 0 Å². The molecule has 2 heteroatoms. The molecule has 0 aliphatic carbocycles. The summed E-state index contributed by atoms with van der Waals surface area (Å²) >= 11 is 0. The highest BCUT2D eigenvalue weighted by atomic mass is 16.5. The second-order valence-electron chi connectivity index (χ2n) is 3.17. The molecule has 1 unspecified atom stereocenters. The van der Waals surface area contributed by atoms with Gasteiger partial charge in [-0.2, -0.15) is 0 Å². The van der Waals surface area contributed by atoms with Gasteiger partial charge in [0.15, 0.2) is 0 Å². The third kappa shape index (κ3) is 7.57. The molecule has 0 aromatic carbocycles. The smallest absolute Gasteiger partial charge is 0.306 e.